The normalized spacial score (nSPS) is 22.4. The summed E-state index contributed by atoms with van der Waals surface area (Å²) in [6, 6.07) is 0. The molecule has 1 fully saturated rings. The summed E-state index contributed by atoms with van der Waals surface area (Å²) >= 11 is 0. The highest BCUT2D eigenvalue weighted by Gasteiger charge is 2.41. The SMILES string of the molecule is CCCCCCCCCCCCN(C(=O)CCCCCCCCCCC)C1OC[C@@H](O)[C@@H](O)[C@H]1O. The minimum absolute atomic E-state index is 0.0171. The lowest BCUT2D eigenvalue weighted by molar-refractivity contribution is -0.228. The number of rotatable bonds is 22. The predicted octanol–water partition coefficient (Wildman–Crippen LogP) is 6.10. The minimum Gasteiger partial charge on any atom is -0.388 e. The van der Waals surface area contributed by atoms with Crippen molar-refractivity contribution in [3.8, 4) is 0 Å². The highest BCUT2D eigenvalue weighted by atomic mass is 16.5. The van der Waals surface area contributed by atoms with Crippen molar-refractivity contribution in [2.24, 2.45) is 0 Å². The van der Waals surface area contributed by atoms with Crippen molar-refractivity contribution < 1.29 is 24.9 Å². The molecule has 0 spiro atoms. The number of carbonyl (C=O) groups excluding carboxylic acids is 1. The molecule has 208 valence electrons. The molecule has 1 amide bonds. The van der Waals surface area contributed by atoms with Crippen molar-refractivity contribution in [2.75, 3.05) is 13.2 Å². The number of aliphatic hydroxyl groups is 3. The van der Waals surface area contributed by atoms with Crippen LogP contribution in [0.3, 0.4) is 0 Å². The lowest BCUT2D eigenvalue weighted by Gasteiger charge is -2.41. The number of hydrogen-bond donors (Lipinski definition) is 3. The zero-order chi connectivity index (χ0) is 25.7. The summed E-state index contributed by atoms with van der Waals surface area (Å²) in [5.74, 6) is -0.0171. The van der Waals surface area contributed by atoms with E-state index < -0.39 is 24.5 Å². The fourth-order valence-corrected chi connectivity index (χ4v) is 4.96. The molecule has 0 bridgehead atoms. The Morgan fingerprint density at radius 2 is 1.09 bits per heavy atom. The summed E-state index contributed by atoms with van der Waals surface area (Å²) in [5.41, 5.74) is 0. The summed E-state index contributed by atoms with van der Waals surface area (Å²) in [5, 5.41) is 30.4. The zero-order valence-corrected chi connectivity index (χ0v) is 23.0. The lowest BCUT2D eigenvalue weighted by Crippen LogP contribution is -2.60. The highest BCUT2D eigenvalue weighted by molar-refractivity contribution is 5.76. The van der Waals surface area contributed by atoms with Crippen LogP contribution in [0.1, 0.15) is 142 Å². The second-order valence-electron chi connectivity index (χ2n) is 10.6. The number of unbranched alkanes of at least 4 members (excludes halogenated alkanes) is 17. The Morgan fingerprint density at radius 3 is 1.57 bits per heavy atom. The monoisotopic (exact) mass is 499 g/mol. The number of aliphatic hydroxyl groups excluding tert-OH is 3. The molecule has 3 N–H and O–H groups in total. The average Bonchev–Trinajstić information content (AvgIpc) is 2.85. The molecule has 0 aliphatic carbocycles. The van der Waals surface area contributed by atoms with Crippen LogP contribution >= 0.6 is 0 Å². The van der Waals surface area contributed by atoms with Crippen LogP contribution in [-0.2, 0) is 9.53 Å². The molecule has 0 aromatic rings. The maximum absolute atomic E-state index is 13.1. The van der Waals surface area contributed by atoms with Crippen molar-refractivity contribution in [3.05, 3.63) is 0 Å². The summed E-state index contributed by atoms with van der Waals surface area (Å²) in [4.78, 5) is 14.7. The van der Waals surface area contributed by atoms with Crippen LogP contribution in [0.4, 0.5) is 0 Å². The second-order valence-corrected chi connectivity index (χ2v) is 10.6. The molecular formula is C29H57NO5. The fraction of sp³-hybridized carbons (Fsp3) is 0.966. The van der Waals surface area contributed by atoms with E-state index in [9.17, 15) is 20.1 Å². The van der Waals surface area contributed by atoms with Gasteiger partial charge >= 0.3 is 0 Å². The van der Waals surface area contributed by atoms with Gasteiger partial charge in [0.25, 0.3) is 0 Å². The first-order chi connectivity index (χ1) is 17.0. The van der Waals surface area contributed by atoms with Crippen molar-refractivity contribution in [1.29, 1.82) is 0 Å². The van der Waals surface area contributed by atoms with Crippen molar-refractivity contribution in [1.82, 2.24) is 4.90 Å². The first kappa shape index (κ1) is 32.3. The Hall–Kier alpha value is -0.690. The summed E-state index contributed by atoms with van der Waals surface area (Å²) in [7, 11) is 0. The van der Waals surface area contributed by atoms with E-state index in [1.165, 1.54) is 83.5 Å². The molecule has 35 heavy (non-hydrogen) atoms. The second kappa shape index (κ2) is 21.4. The standard InChI is InChI=1S/C29H57NO5/c1-3-5-7-9-11-13-15-17-19-21-23-30(29-28(34)27(33)25(31)24-35-29)26(32)22-20-18-16-14-12-10-8-6-4-2/h25,27-29,31,33-34H,3-24H2,1-2H3/t25-,27-,28-,29?/m1/s1. The smallest absolute Gasteiger partial charge is 0.224 e. The van der Waals surface area contributed by atoms with Crippen LogP contribution in [0.2, 0.25) is 0 Å². The van der Waals surface area contributed by atoms with Gasteiger partial charge in [0.05, 0.1) is 6.61 Å². The van der Waals surface area contributed by atoms with E-state index in [1.807, 2.05) is 0 Å². The van der Waals surface area contributed by atoms with E-state index in [-0.39, 0.29) is 12.5 Å². The molecule has 0 radical (unpaired) electrons. The Bertz CT molecular complexity index is 503. The predicted molar refractivity (Wildman–Crippen MR) is 143 cm³/mol. The van der Waals surface area contributed by atoms with E-state index in [0.717, 1.165) is 38.5 Å². The molecule has 0 saturated carbocycles. The van der Waals surface area contributed by atoms with Crippen molar-refractivity contribution >= 4 is 5.91 Å². The molecule has 1 aliphatic heterocycles. The third kappa shape index (κ3) is 14.6. The Labute approximate surface area is 215 Å². The Kier molecular flexibility index (Phi) is 19.8. The number of ether oxygens (including phenoxy) is 1. The van der Waals surface area contributed by atoms with Gasteiger partial charge in [-0.1, -0.05) is 123 Å². The van der Waals surface area contributed by atoms with Crippen LogP contribution in [0.25, 0.3) is 0 Å². The maximum Gasteiger partial charge on any atom is 0.224 e. The lowest BCUT2D eigenvalue weighted by atomic mass is 10.0. The fourth-order valence-electron chi connectivity index (χ4n) is 4.96. The van der Waals surface area contributed by atoms with E-state index in [4.69, 9.17) is 4.74 Å². The molecule has 1 heterocycles. The van der Waals surface area contributed by atoms with Gasteiger partial charge in [0.1, 0.15) is 18.3 Å². The summed E-state index contributed by atoms with van der Waals surface area (Å²) < 4.78 is 5.64. The molecule has 1 unspecified atom stereocenters. The molecule has 4 atom stereocenters. The molecule has 0 aromatic carbocycles. The topological polar surface area (TPSA) is 90.2 Å². The van der Waals surface area contributed by atoms with Gasteiger partial charge in [-0.3, -0.25) is 4.79 Å². The van der Waals surface area contributed by atoms with E-state index in [1.54, 1.807) is 4.90 Å². The molecule has 1 aliphatic rings. The van der Waals surface area contributed by atoms with Gasteiger partial charge < -0.3 is 25.0 Å². The number of carbonyl (C=O) groups is 1. The first-order valence-corrected chi connectivity index (χ1v) is 15.0. The molecule has 1 saturated heterocycles. The van der Waals surface area contributed by atoms with E-state index in [2.05, 4.69) is 13.8 Å². The van der Waals surface area contributed by atoms with Crippen LogP contribution in [0.15, 0.2) is 0 Å². The molecule has 1 rings (SSSR count). The first-order valence-electron chi connectivity index (χ1n) is 15.0. The summed E-state index contributed by atoms with van der Waals surface area (Å²) in [6.45, 7) is 4.93. The third-order valence-corrected chi connectivity index (χ3v) is 7.35. The van der Waals surface area contributed by atoms with Gasteiger partial charge in [-0.05, 0) is 12.8 Å². The van der Waals surface area contributed by atoms with E-state index >= 15 is 0 Å². The zero-order valence-electron chi connectivity index (χ0n) is 23.0. The summed E-state index contributed by atoms with van der Waals surface area (Å²) in [6.07, 6.45) is 18.8. The van der Waals surface area contributed by atoms with Gasteiger partial charge in [-0.25, -0.2) is 0 Å². The van der Waals surface area contributed by atoms with Crippen LogP contribution < -0.4 is 0 Å². The molecule has 0 aromatic heterocycles. The van der Waals surface area contributed by atoms with Crippen LogP contribution in [0, 0.1) is 0 Å². The third-order valence-electron chi connectivity index (χ3n) is 7.35. The average molecular weight is 500 g/mol. The van der Waals surface area contributed by atoms with Gasteiger partial charge in [-0.15, -0.1) is 0 Å². The number of hydrogen-bond acceptors (Lipinski definition) is 5. The van der Waals surface area contributed by atoms with Gasteiger partial charge in [0.15, 0.2) is 6.23 Å². The minimum atomic E-state index is -1.29. The number of amides is 1. The van der Waals surface area contributed by atoms with Crippen LogP contribution in [-0.4, -0.2) is 63.8 Å². The molecule has 6 nitrogen and oxygen atoms in total. The highest BCUT2D eigenvalue weighted by Crippen LogP contribution is 2.22. The maximum atomic E-state index is 13.1. The Morgan fingerprint density at radius 1 is 0.657 bits per heavy atom. The quantitative estimate of drug-likeness (QED) is 0.157. The van der Waals surface area contributed by atoms with Gasteiger partial charge in [0.2, 0.25) is 5.91 Å². The van der Waals surface area contributed by atoms with E-state index in [0.29, 0.717) is 13.0 Å². The largest absolute Gasteiger partial charge is 0.388 e. The van der Waals surface area contributed by atoms with Crippen molar-refractivity contribution in [2.45, 2.75) is 167 Å². The molecular weight excluding hydrogens is 442 g/mol. The Balaban J connectivity index is 2.36. The van der Waals surface area contributed by atoms with Gasteiger partial charge in [0, 0.05) is 13.0 Å². The van der Waals surface area contributed by atoms with Crippen LogP contribution in [0.5, 0.6) is 0 Å². The van der Waals surface area contributed by atoms with Gasteiger partial charge in [-0.2, -0.15) is 0 Å². The number of nitrogens with zero attached hydrogens (tertiary/aromatic N) is 1. The van der Waals surface area contributed by atoms with Crippen molar-refractivity contribution in [3.63, 3.8) is 0 Å². The molecule has 6 heteroatoms.